The van der Waals surface area contributed by atoms with Crippen LogP contribution in [0.2, 0.25) is 0 Å². The molecule has 6 atom stereocenters. The quantitative estimate of drug-likeness (QED) is 0.0222. The van der Waals surface area contributed by atoms with E-state index in [1.165, 1.54) is 193 Å². The Kier molecular flexibility index (Phi) is 64.0. The number of rotatable bonds is 72. The molecule has 0 saturated heterocycles. The van der Waals surface area contributed by atoms with Gasteiger partial charge in [-0.3, -0.25) is 37.3 Å². The number of ether oxygens (including phenoxy) is 4. The molecule has 19 heteroatoms. The topological polar surface area (TPSA) is 237 Å². The van der Waals surface area contributed by atoms with Crippen molar-refractivity contribution in [2.75, 3.05) is 39.6 Å². The fourth-order valence-electron chi connectivity index (χ4n) is 11.0. The largest absolute Gasteiger partial charge is 0.472 e. The highest BCUT2D eigenvalue weighted by Crippen LogP contribution is 2.45. The molecular formula is C72H140O17P2. The first-order valence-electron chi connectivity index (χ1n) is 37.7. The summed E-state index contributed by atoms with van der Waals surface area (Å²) >= 11 is 0. The van der Waals surface area contributed by atoms with Crippen molar-refractivity contribution in [1.29, 1.82) is 0 Å². The minimum atomic E-state index is -4.95. The van der Waals surface area contributed by atoms with Gasteiger partial charge in [-0.2, -0.15) is 0 Å². The van der Waals surface area contributed by atoms with Crippen molar-refractivity contribution >= 4 is 39.5 Å². The number of hydrogen-bond acceptors (Lipinski definition) is 15. The van der Waals surface area contributed by atoms with Crippen LogP contribution in [0.25, 0.3) is 0 Å². The van der Waals surface area contributed by atoms with Crippen LogP contribution in [-0.2, 0) is 65.4 Å². The number of hydrogen-bond donors (Lipinski definition) is 3. The van der Waals surface area contributed by atoms with E-state index in [1.807, 2.05) is 0 Å². The molecule has 0 spiro atoms. The Morgan fingerprint density at radius 2 is 0.527 bits per heavy atom. The molecule has 0 fully saturated rings. The fourth-order valence-corrected chi connectivity index (χ4v) is 12.5. The Morgan fingerprint density at radius 3 is 0.780 bits per heavy atom. The maximum Gasteiger partial charge on any atom is 0.472 e. The minimum Gasteiger partial charge on any atom is -0.462 e. The summed E-state index contributed by atoms with van der Waals surface area (Å²) < 4.78 is 68.1. The normalized spacial score (nSPS) is 14.3. The van der Waals surface area contributed by atoms with Gasteiger partial charge in [0, 0.05) is 25.7 Å². The fraction of sp³-hybridized carbons (Fsp3) is 0.944. The van der Waals surface area contributed by atoms with Gasteiger partial charge in [0.1, 0.15) is 19.3 Å². The lowest BCUT2D eigenvalue weighted by Gasteiger charge is -2.21. The number of esters is 4. The van der Waals surface area contributed by atoms with Crippen LogP contribution >= 0.6 is 15.6 Å². The van der Waals surface area contributed by atoms with Crippen molar-refractivity contribution in [2.24, 2.45) is 5.92 Å². The van der Waals surface area contributed by atoms with Gasteiger partial charge in [0.25, 0.3) is 0 Å². The molecule has 3 N–H and O–H groups in total. The first-order chi connectivity index (χ1) is 44.1. The summed E-state index contributed by atoms with van der Waals surface area (Å²) in [5, 5.41) is 10.6. The Balaban J connectivity index is 5.13. The summed E-state index contributed by atoms with van der Waals surface area (Å²) in [5.74, 6) is -1.36. The highest BCUT2D eigenvalue weighted by atomic mass is 31.2. The molecule has 0 amide bonds. The monoisotopic (exact) mass is 1340 g/mol. The summed E-state index contributed by atoms with van der Waals surface area (Å²) in [7, 11) is -9.89. The zero-order valence-corrected chi connectivity index (χ0v) is 60.8. The third-order valence-electron chi connectivity index (χ3n) is 17.1. The van der Waals surface area contributed by atoms with Crippen molar-refractivity contribution in [3.8, 4) is 0 Å². The Bertz CT molecular complexity index is 1760. The molecule has 0 radical (unpaired) electrons. The van der Waals surface area contributed by atoms with E-state index in [0.717, 1.165) is 102 Å². The van der Waals surface area contributed by atoms with Gasteiger partial charge in [-0.15, -0.1) is 0 Å². The number of phosphoric acid groups is 2. The third kappa shape index (κ3) is 65.1. The number of carbonyl (C=O) groups excluding carboxylic acids is 4. The maximum atomic E-state index is 13.0. The smallest absolute Gasteiger partial charge is 0.462 e. The van der Waals surface area contributed by atoms with Crippen LogP contribution in [-0.4, -0.2) is 96.7 Å². The zero-order chi connectivity index (χ0) is 67.0. The van der Waals surface area contributed by atoms with Crippen molar-refractivity contribution in [2.45, 2.75) is 393 Å². The van der Waals surface area contributed by atoms with E-state index >= 15 is 0 Å². The second kappa shape index (κ2) is 65.4. The van der Waals surface area contributed by atoms with Gasteiger partial charge in [0.05, 0.1) is 26.4 Å². The first-order valence-corrected chi connectivity index (χ1v) is 40.7. The molecule has 0 aliphatic heterocycles. The van der Waals surface area contributed by atoms with E-state index < -0.39 is 97.5 Å². The summed E-state index contributed by atoms with van der Waals surface area (Å²) in [6, 6.07) is 0. The molecule has 17 nitrogen and oxygen atoms in total. The predicted octanol–water partition coefficient (Wildman–Crippen LogP) is 20.9. The van der Waals surface area contributed by atoms with Gasteiger partial charge in [0.2, 0.25) is 0 Å². The number of phosphoric ester groups is 2. The molecule has 0 aliphatic carbocycles. The van der Waals surface area contributed by atoms with Crippen LogP contribution in [0.1, 0.15) is 375 Å². The van der Waals surface area contributed by atoms with E-state index in [2.05, 4.69) is 34.6 Å². The summed E-state index contributed by atoms with van der Waals surface area (Å²) in [5.41, 5.74) is 0. The number of unbranched alkanes of at least 4 members (excludes halogenated alkanes) is 43. The van der Waals surface area contributed by atoms with E-state index in [-0.39, 0.29) is 25.7 Å². The SMILES string of the molecule is CCCCCCCCCCCCCCCCCCCCCCC(=O)O[C@H](COC(=O)CCCCCCCCCCCCCCCC)COP(=O)(O)OC[C@@H](O)COP(=O)(O)OC[C@@H](COC(=O)CCCCCCC)OC(=O)CCCCCCCCCCC(C)CC. The average molecular weight is 1340 g/mol. The maximum absolute atomic E-state index is 13.0. The third-order valence-corrected chi connectivity index (χ3v) is 19.0. The molecular weight excluding hydrogens is 1200 g/mol. The Morgan fingerprint density at radius 1 is 0.308 bits per heavy atom. The number of carbonyl (C=O) groups is 4. The minimum absolute atomic E-state index is 0.104. The van der Waals surface area contributed by atoms with E-state index in [0.29, 0.717) is 25.7 Å². The first kappa shape index (κ1) is 89.1. The van der Waals surface area contributed by atoms with Crippen LogP contribution in [0.15, 0.2) is 0 Å². The van der Waals surface area contributed by atoms with Crippen LogP contribution in [0.3, 0.4) is 0 Å². The molecule has 0 aromatic heterocycles. The Hall–Kier alpha value is -1.94. The van der Waals surface area contributed by atoms with E-state index in [9.17, 15) is 43.2 Å². The molecule has 0 saturated carbocycles. The average Bonchev–Trinajstić information content (AvgIpc) is 3.67. The standard InChI is InChI=1S/C72H140O17P2/c1-6-10-13-16-18-20-22-24-26-27-28-29-30-31-33-35-37-42-47-52-57-71(76)89-68(62-83-70(75)56-51-46-41-36-34-32-25-23-21-19-17-14-11-7-2)64-87-91(80,81)85-60-66(73)59-84-90(78,79)86-63-67(61-82-69(74)55-50-44-15-12-8-3)88-72(77)58-53-48-43-39-38-40-45-49-54-65(5)9-4/h65-68,73H,6-64H2,1-5H3,(H,78,79)(H,80,81)/t65?,66-,67+,68+/m0/s1. The van der Waals surface area contributed by atoms with Gasteiger partial charge >= 0.3 is 39.5 Å². The summed E-state index contributed by atoms with van der Waals surface area (Å²) in [4.78, 5) is 72.3. The molecule has 0 heterocycles. The van der Waals surface area contributed by atoms with Gasteiger partial charge < -0.3 is 33.8 Å². The lowest BCUT2D eigenvalue weighted by atomic mass is 9.99. The highest BCUT2D eigenvalue weighted by Gasteiger charge is 2.30. The molecule has 0 rings (SSSR count). The van der Waals surface area contributed by atoms with E-state index in [1.54, 1.807) is 0 Å². The number of aliphatic hydroxyl groups excluding tert-OH is 1. The van der Waals surface area contributed by atoms with Gasteiger partial charge in [0.15, 0.2) is 12.2 Å². The lowest BCUT2D eigenvalue weighted by Crippen LogP contribution is -2.30. The van der Waals surface area contributed by atoms with Crippen LogP contribution in [0, 0.1) is 5.92 Å². The van der Waals surface area contributed by atoms with Crippen LogP contribution < -0.4 is 0 Å². The van der Waals surface area contributed by atoms with Crippen LogP contribution in [0.5, 0.6) is 0 Å². The molecule has 3 unspecified atom stereocenters. The van der Waals surface area contributed by atoms with Crippen molar-refractivity contribution in [3.05, 3.63) is 0 Å². The summed E-state index contributed by atoms with van der Waals surface area (Å²) in [6.45, 7) is 7.17. The van der Waals surface area contributed by atoms with Gasteiger partial charge in [-0.1, -0.05) is 324 Å². The van der Waals surface area contributed by atoms with Crippen molar-refractivity contribution in [3.63, 3.8) is 0 Å². The second-order valence-electron chi connectivity index (χ2n) is 26.2. The molecule has 0 aromatic rings. The van der Waals surface area contributed by atoms with Gasteiger partial charge in [-0.25, -0.2) is 9.13 Å². The van der Waals surface area contributed by atoms with Crippen molar-refractivity contribution < 1.29 is 80.2 Å². The highest BCUT2D eigenvalue weighted by molar-refractivity contribution is 7.47. The number of aliphatic hydroxyl groups is 1. The van der Waals surface area contributed by atoms with E-state index in [4.69, 9.17) is 37.0 Å². The lowest BCUT2D eigenvalue weighted by molar-refractivity contribution is -0.161. The summed E-state index contributed by atoms with van der Waals surface area (Å²) in [6.07, 6.45) is 53.1. The molecule has 91 heavy (non-hydrogen) atoms. The molecule has 0 aliphatic rings. The predicted molar refractivity (Wildman–Crippen MR) is 368 cm³/mol. The van der Waals surface area contributed by atoms with Crippen LogP contribution in [0.4, 0.5) is 0 Å². The second-order valence-corrected chi connectivity index (χ2v) is 29.1. The molecule has 0 aromatic carbocycles. The zero-order valence-electron chi connectivity index (χ0n) is 59.0. The van der Waals surface area contributed by atoms with Gasteiger partial charge in [-0.05, 0) is 31.6 Å². The molecule has 540 valence electrons. The molecule has 0 bridgehead atoms. The Labute approximate surface area is 556 Å². The van der Waals surface area contributed by atoms with Crippen molar-refractivity contribution in [1.82, 2.24) is 0 Å².